The monoisotopic (exact) mass is 126 g/mol. The molecule has 0 aromatic carbocycles. The smallest absolute Gasteiger partial charge is 0.0487 e. The van der Waals surface area contributed by atoms with Gasteiger partial charge in [0.15, 0.2) is 0 Å². The van der Waals surface area contributed by atoms with Crippen LogP contribution >= 0.6 is 0 Å². The largest absolute Gasteiger partial charge is 0.411 e. The maximum absolute atomic E-state index is 8.14. The van der Waals surface area contributed by atoms with Crippen molar-refractivity contribution >= 4 is 6.21 Å². The summed E-state index contributed by atoms with van der Waals surface area (Å²) in [7, 11) is 0. The molecule has 0 bridgehead atoms. The molecule has 1 aliphatic rings. The molecule has 1 unspecified atom stereocenters. The van der Waals surface area contributed by atoms with Crippen LogP contribution in [0.25, 0.3) is 0 Å². The maximum Gasteiger partial charge on any atom is 0.0487 e. The van der Waals surface area contributed by atoms with Crippen molar-refractivity contribution in [1.82, 2.24) is 5.32 Å². The number of oxime groups is 1. The fourth-order valence-corrected chi connectivity index (χ4v) is 0.837. The fraction of sp³-hybridized carbons (Fsp3) is 0.500. The molecule has 0 aliphatic carbocycles. The van der Waals surface area contributed by atoms with E-state index in [1.165, 1.54) is 0 Å². The van der Waals surface area contributed by atoms with Crippen LogP contribution in [0.4, 0.5) is 0 Å². The standard InChI is InChI=1S/C6H10N2O/c9-8-5-6-2-1-3-7-4-6/h1,3,5-7,9H,2,4H2. The van der Waals surface area contributed by atoms with E-state index in [9.17, 15) is 0 Å². The highest BCUT2D eigenvalue weighted by Gasteiger charge is 2.04. The molecule has 9 heavy (non-hydrogen) atoms. The zero-order chi connectivity index (χ0) is 6.53. The molecule has 1 aliphatic heterocycles. The van der Waals surface area contributed by atoms with Crippen molar-refractivity contribution in [2.45, 2.75) is 6.42 Å². The number of nitrogens with zero attached hydrogens (tertiary/aromatic N) is 1. The Labute approximate surface area is 54.1 Å². The van der Waals surface area contributed by atoms with E-state index in [1.807, 2.05) is 12.3 Å². The molecule has 0 aromatic rings. The van der Waals surface area contributed by atoms with E-state index in [1.54, 1.807) is 6.21 Å². The van der Waals surface area contributed by atoms with E-state index in [0.29, 0.717) is 5.92 Å². The van der Waals surface area contributed by atoms with Gasteiger partial charge in [0.2, 0.25) is 0 Å². The number of rotatable bonds is 1. The molecule has 1 rings (SSSR count). The second-order valence-corrected chi connectivity index (χ2v) is 2.07. The Morgan fingerprint density at radius 3 is 3.22 bits per heavy atom. The highest BCUT2D eigenvalue weighted by molar-refractivity contribution is 5.60. The van der Waals surface area contributed by atoms with Crippen LogP contribution in [0.15, 0.2) is 17.4 Å². The van der Waals surface area contributed by atoms with Gasteiger partial charge in [-0.15, -0.1) is 5.16 Å². The summed E-state index contributed by atoms with van der Waals surface area (Å²) in [6, 6.07) is 0. The highest BCUT2D eigenvalue weighted by Crippen LogP contribution is 2.02. The quantitative estimate of drug-likeness (QED) is 0.306. The van der Waals surface area contributed by atoms with Gasteiger partial charge in [-0.1, -0.05) is 6.08 Å². The SMILES string of the molecule is ON=CC1CC=CNC1. The molecule has 1 atom stereocenters. The van der Waals surface area contributed by atoms with Crippen LogP contribution in [0.5, 0.6) is 0 Å². The van der Waals surface area contributed by atoms with E-state index < -0.39 is 0 Å². The van der Waals surface area contributed by atoms with Gasteiger partial charge in [0.25, 0.3) is 0 Å². The minimum absolute atomic E-state index is 0.361. The Morgan fingerprint density at radius 1 is 1.78 bits per heavy atom. The first-order valence-corrected chi connectivity index (χ1v) is 2.99. The number of hydrogen-bond acceptors (Lipinski definition) is 3. The van der Waals surface area contributed by atoms with E-state index >= 15 is 0 Å². The van der Waals surface area contributed by atoms with Crippen LogP contribution < -0.4 is 5.32 Å². The molecule has 0 fully saturated rings. The van der Waals surface area contributed by atoms with Crippen molar-refractivity contribution in [2.24, 2.45) is 11.1 Å². The predicted octanol–water partition coefficient (Wildman–Crippen LogP) is 0.570. The highest BCUT2D eigenvalue weighted by atomic mass is 16.4. The van der Waals surface area contributed by atoms with Crippen molar-refractivity contribution in [3.8, 4) is 0 Å². The van der Waals surface area contributed by atoms with Crippen molar-refractivity contribution in [1.29, 1.82) is 0 Å². The number of nitrogens with one attached hydrogen (secondary N) is 1. The second-order valence-electron chi connectivity index (χ2n) is 2.07. The Hall–Kier alpha value is -0.990. The average Bonchev–Trinajstić information content (AvgIpc) is 1.91. The van der Waals surface area contributed by atoms with Crippen LogP contribution in [-0.2, 0) is 0 Å². The molecule has 0 amide bonds. The van der Waals surface area contributed by atoms with E-state index in [-0.39, 0.29) is 0 Å². The Balaban J connectivity index is 2.35. The van der Waals surface area contributed by atoms with E-state index in [4.69, 9.17) is 5.21 Å². The molecule has 3 nitrogen and oxygen atoms in total. The van der Waals surface area contributed by atoms with Gasteiger partial charge in [-0.25, -0.2) is 0 Å². The molecule has 0 aromatic heterocycles. The summed E-state index contributed by atoms with van der Waals surface area (Å²) in [6.45, 7) is 0.876. The third-order valence-electron chi connectivity index (χ3n) is 1.33. The summed E-state index contributed by atoms with van der Waals surface area (Å²) >= 11 is 0. The molecule has 3 heteroatoms. The molecular formula is C6H10N2O. The summed E-state index contributed by atoms with van der Waals surface area (Å²) < 4.78 is 0. The average molecular weight is 126 g/mol. The van der Waals surface area contributed by atoms with Gasteiger partial charge in [0, 0.05) is 18.7 Å². The zero-order valence-corrected chi connectivity index (χ0v) is 5.12. The van der Waals surface area contributed by atoms with Crippen molar-refractivity contribution in [3.63, 3.8) is 0 Å². The van der Waals surface area contributed by atoms with E-state index in [0.717, 1.165) is 13.0 Å². The lowest BCUT2D eigenvalue weighted by Gasteiger charge is -2.12. The van der Waals surface area contributed by atoms with E-state index in [2.05, 4.69) is 10.5 Å². The normalized spacial score (nSPS) is 26.4. The first kappa shape index (κ1) is 6.13. The molecule has 2 N–H and O–H groups in total. The summed E-state index contributed by atoms with van der Waals surface area (Å²) in [4.78, 5) is 0. The van der Waals surface area contributed by atoms with Crippen molar-refractivity contribution < 1.29 is 5.21 Å². The Kier molecular flexibility index (Phi) is 2.13. The van der Waals surface area contributed by atoms with Crippen LogP contribution in [0.1, 0.15) is 6.42 Å². The molecule has 0 saturated heterocycles. The van der Waals surface area contributed by atoms with Gasteiger partial charge in [-0.2, -0.15) is 0 Å². The second kappa shape index (κ2) is 3.12. The van der Waals surface area contributed by atoms with Crippen LogP contribution in [0, 0.1) is 5.92 Å². The lowest BCUT2D eigenvalue weighted by molar-refractivity contribution is 0.318. The molecule has 0 radical (unpaired) electrons. The Bertz CT molecular complexity index is 131. The minimum atomic E-state index is 0.361. The summed E-state index contributed by atoms with van der Waals surface area (Å²) in [5.74, 6) is 0.361. The topological polar surface area (TPSA) is 44.6 Å². The molecule has 1 heterocycles. The van der Waals surface area contributed by atoms with Crippen LogP contribution in [0.2, 0.25) is 0 Å². The van der Waals surface area contributed by atoms with Gasteiger partial charge in [0.1, 0.15) is 0 Å². The summed E-state index contributed by atoms with van der Waals surface area (Å²) in [5, 5.41) is 14.1. The molecule has 50 valence electrons. The van der Waals surface area contributed by atoms with Crippen molar-refractivity contribution in [2.75, 3.05) is 6.54 Å². The Morgan fingerprint density at radius 2 is 2.67 bits per heavy atom. The first-order chi connectivity index (χ1) is 4.43. The lowest BCUT2D eigenvalue weighted by atomic mass is 10.1. The van der Waals surface area contributed by atoms with Crippen LogP contribution in [0.3, 0.4) is 0 Å². The number of allylic oxidation sites excluding steroid dienone is 1. The zero-order valence-electron chi connectivity index (χ0n) is 5.12. The van der Waals surface area contributed by atoms with Gasteiger partial charge in [0.05, 0.1) is 0 Å². The van der Waals surface area contributed by atoms with Crippen molar-refractivity contribution in [3.05, 3.63) is 12.3 Å². The summed E-state index contributed by atoms with van der Waals surface area (Å²) in [6.07, 6.45) is 6.46. The molecule has 0 saturated carbocycles. The maximum atomic E-state index is 8.14. The van der Waals surface area contributed by atoms with Crippen LogP contribution in [-0.4, -0.2) is 18.0 Å². The summed E-state index contributed by atoms with van der Waals surface area (Å²) in [5.41, 5.74) is 0. The van der Waals surface area contributed by atoms with Gasteiger partial charge in [-0.05, 0) is 12.6 Å². The van der Waals surface area contributed by atoms with Gasteiger partial charge in [-0.3, -0.25) is 0 Å². The fourth-order valence-electron chi connectivity index (χ4n) is 0.837. The lowest BCUT2D eigenvalue weighted by Crippen LogP contribution is -2.22. The molecule has 0 spiro atoms. The van der Waals surface area contributed by atoms with Gasteiger partial charge >= 0.3 is 0 Å². The predicted molar refractivity (Wildman–Crippen MR) is 35.5 cm³/mol. The van der Waals surface area contributed by atoms with Gasteiger partial charge < -0.3 is 10.5 Å². The molecular weight excluding hydrogens is 116 g/mol. The third kappa shape index (κ3) is 1.76. The minimum Gasteiger partial charge on any atom is -0.411 e. The first-order valence-electron chi connectivity index (χ1n) is 2.99. The number of hydrogen-bond donors (Lipinski definition) is 2. The third-order valence-corrected chi connectivity index (χ3v) is 1.33.